The molecule has 0 aliphatic heterocycles. The Balaban J connectivity index is 1.49. The molecule has 2 aromatic carbocycles. The summed E-state index contributed by atoms with van der Waals surface area (Å²) in [6.07, 6.45) is 3.16. The number of rotatable bonds is 6. The van der Waals surface area contributed by atoms with Crippen LogP contribution in [0.15, 0.2) is 80.9 Å². The molecule has 0 bridgehead atoms. The number of esters is 1. The Labute approximate surface area is 164 Å². The Kier molecular flexibility index (Phi) is 6.17. The van der Waals surface area contributed by atoms with Gasteiger partial charge in [0, 0.05) is 4.47 Å². The van der Waals surface area contributed by atoms with Gasteiger partial charge in [-0.25, -0.2) is 10.2 Å². The molecule has 0 spiro atoms. The van der Waals surface area contributed by atoms with Crippen LogP contribution in [-0.4, -0.2) is 18.1 Å². The van der Waals surface area contributed by atoms with Crippen molar-refractivity contribution in [1.82, 2.24) is 5.43 Å². The summed E-state index contributed by atoms with van der Waals surface area (Å²) in [6, 6.07) is 17.3. The van der Waals surface area contributed by atoms with Crippen LogP contribution in [0.2, 0.25) is 0 Å². The molecule has 0 fully saturated rings. The maximum Gasteiger partial charge on any atom is 0.379 e. The lowest BCUT2D eigenvalue weighted by Gasteiger charge is -2.03. The fourth-order valence-electron chi connectivity index (χ4n) is 2.18. The second kappa shape index (κ2) is 8.95. The Hall–Kier alpha value is -3.19. The number of hydrazone groups is 1. The largest absolute Gasteiger partial charge is 0.457 e. The first kappa shape index (κ1) is 18.6. The lowest BCUT2D eigenvalue weighted by Crippen LogP contribution is -2.19. The number of amides is 1. The Morgan fingerprint density at radius 1 is 1.07 bits per heavy atom. The summed E-state index contributed by atoms with van der Waals surface area (Å²) in [6.45, 7) is 0. The first-order valence-electron chi connectivity index (χ1n) is 8.02. The van der Waals surface area contributed by atoms with Crippen molar-refractivity contribution in [3.05, 3.63) is 88.3 Å². The summed E-state index contributed by atoms with van der Waals surface area (Å²) in [5.74, 6) is -0.263. The number of benzene rings is 2. The highest BCUT2D eigenvalue weighted by atomic mass is 79.9. The molecule has 3 rings (SSSR count). The molecule has 0 aliphatic rings. The van der Waals surface area contributed by atoms with E-state index in [0.717, 1.165) is 15.6 Å². The molecule has 1 heterocycles. The summed E-state index contributed by atoms with van der Waals surface area (Å²) in [4.78, 5) is 23.7. The third kappa shape index (κ3) is 5.65. The van der Waals surface area contributed by atoms with Gasteiger partial charge in [-0.2, -0.15) is 5.10 Å². The van der Waals surface area contributed by atoms with Crippen LogP contribution in [-0.2, 0) is 11.2 Å². The first-order chi connectivity index (χ1) is 13.1. The van der Waals surface area contributed by atoms with E-state index in [-0.39, 0.29) is 18.1 Å². The lowest BCUT2D eigenvalue weighted by molar-refractivity contribution is -0.120. The second-order valence-electron chi connectivity index (χ2n) is 5.53. The molecule has 7 heteroatoms. The van der Waals surface area contributed by atoms with Gasteiger partial charge in [-0.15, -0.1) is 0 Å². The van der Waals surface area contributed by atoms with E-state index in [4.69, 9.17) is 9.15 Å². The first-order valence-corrected chi connectivity index (χ1v) is 8.81. The van der Waals surface area contributed by atoms with Crippen LogP contribution < -0.4 is 10.2 Å². The van der Waals surface area contributed by atoms with Crippen LogP contribution in [0.5, 0.6) is 5.75 Å². The van der Waals surface area contributed by atoms with Crippen LogP contribution in [0.1, 0.15) is 21.7 Å². The van der Waals surface area contributed by atoms with E-state index in [9.17, 15) is 9.59 Å². The smallest absolute Gasteiger partial charge is 0.379 e. The highest BCUT2D eigenvalue weighted by Crippen LogP contribution is 2.14. The van der Waals surface area contributed by atoms with Crippen LogP contribution in [0.3, 0.4) is 0 Å². The highest BCUT2D eigenvalue weighted by molar-refractivity contribution is 9.10. The monoisotopic (exact) mass is 426 g/mol. The van der Waals surface area contributed by atoms with Gasteiger partial charge in [0.15, 0.2) is 0 Å². The van der Waals surface area contributed by atoms with Gasteiger partial charge in [0.2, 0.25) is 11.7 Å². The molecule has 0 saturated heterocycles. The van der Waals surface area contributed by atoms with Gasteiger partial charge in [-0.05, 0) is 59.7 Å². The Morgan fingerprint density at radius 3 is 2.48 bits per heavy atom. The van der Waals surface area contributed by atoms with Gasteiger partial charge in [-0.3, -0.25) is 4.79 Å². The molecular formula is C20H15BrN2O4. The summed E-state index contributed by atoms with van der Waals surface area (Å²) >= 11 is 3.35. The molecule has 3 aromatic rings. The zero-order valence-corrected chi connectivity index (χ0v) is 15.7. The van der Waals surface area contributed by atoms with Crippen molar-refractivity contribution in [2.24, 2.45) is 5.10 Å². The molecule has 136 valence electrons. The fourth-order valence-corrected chi connectivity index (χ4v) is 2.44. The molecule has 0 atom stereocenters. The average Bonchev–Trinajstić information content (AvgIpc) is 3.20. The predicted octanol–water partition coefficient (Wildman–Crippen LogP) is 3.95. The van der Waals surface area contributed by atoms with Gasteiger partial charge in [0.05, 0.1) is 18.9 Å². The summed E-state index contributed by atoms with van der Waals surface area (Å²) in [7, 11) is 0. The minimum Gasteiger partial charge on any atom is -0.457 e. The van der Waals surface area contributed by atoms with Gasteiger partial charge in [0.1, 0.15) is 5.75 Å². The third-order valence-corrected chi connectivity index (χ3v) is 4.02. The van der Waals surface area contributed by atoms with E-state index in [1.54, 1.807) is 30.3 Å². The van der Waals surface area contributed by atoms with E-state index in [2.05, 4.69) is 26.5 Å². The standard InChI is InChI=1S/C20H15BrN2O4/c21-16-7-3-14(4-8-16)12-19(24)23-22-13-15-5-9-17(10-6-15)27-20(25)18-2-1-11-26-18/h1-11,13H,12H2,(H,23,24)/b22-13+. The summed E-state index contributed by atoms with van der Waals surface area (Å²) in [5.41, 5.74) is 4.12. The van der Waals surface area contributed by atoms with Crippen molar-refractivity contribution in [3.8, 4) is 5.75 Å². The Bertz CT molecular complexity index is 933. The van der Waals surface area contributed by atoms with E-state index in [1.165, 1.54) is 18.5 Å². The maximum absolute atomic E-state index is 11.9. The number of carbonyl (C=O) groups excluding carboxylic acids is 2. The van der Waals surface area contributed by atoms with Crippen LogP contribution >= 0.6 is 15.9 Å². The molecule has 0 unspecified atom stereocenters. The zero-order chi connectivity index (χ0) is 19.1. The van der Waals surface area contributed by atoms with Gasteiger partial charge < -0.3 is 9.15 Å². The molecule has 1 aromatic heterocycles. The van der Waals surface area contributed by atoms with Crippen LogP contribution in [0.4, 0.5) is 0 Å². The molecule has 27 heavy (non-hydrogen) atoms. The number of carbonyl (C=O) groups is 2. The summed E-state index contributed by atoms with van der Waals surface area (Å²) in [5, 5.41) is 3.93. The number of nitrogens with zero attached hydrogens (tertiary/aromatic N) is 1. The number of halogens is 1. The van der Waals surface area contributed by atoms with Gasteiger partial charge in [0.25, 0.3) is 0 Å². The van der Waals surface area contributed by atoms with E-state index < -0.39 is 5.97 Å². The number of nitrogens with one attached hydrogen (secondary N) is 1. The molecule has 0 aliphatic carbocycles. The van der Waals surface area contributed by atoms with Crippen molar-refractivity contribution in [2.75, 3.05) is 0 Å². The minimum atomic E-state index is -0.568. The molecule has 1 N–H and O–H groups in total. The van der Waals surface area contributed by atoms with E-state index in [0.29, 0.717) is 5.75 Å². The maximum atomic E-state index is 11.9. The van der Waals surface area contributed by atoms with Crippen LogP contribution in [0.25, 0.3) is 0 Å². The van der Waals surface area contributed by atoms with Crippen molar-refractivity contribution in [2.45, 2.75) is 6.42 Å². The number of hydrogen-bond acceptors (Lipinski definition) is 5. The van der Waals surface area contributed by atoms with Crippen molar-refractivity contribution >= 4 is 34.0 Å². The van der Waals surface area contributed by atoms with E-state index in [1.807, 2.05) is 24.3 Å². The quantitative estimate of drug-likeness (QED) is 0.280. The summed E-state index contributed by atoms with van der Waals surface area (Å²) < 4.78 is 11.1. The topological polar surface area (TPSA) is 80.9 Å². The number of furan rings is 1. The molecule has 0 saturated carbocycles. The van der Waals surface area contributed by atoms with E-state index >= 15 is 0 Å². The lowest BCUT2D eigenvalue weighted by atomic mass is 10.1. The highest BCUT2D eigenvalue weighted by Gasteiger charge is 2.10. The van der Waals surface area contributed by atoms with Crippen LogP contribution in [0, 0.1) is 0 Å². The second-order valence-corrected chi connectivity index (χ2v) is 6.45. The number of ether oxygens (including phenoxy) is 1. The Morgan fingerprint density at radius 2 is 1.81 bits per heavy atom. The zero-order valence-electron chi connectivity index (χ0n) is 14.1. The van der Waals surface area contributed by atoms with Gasteiger partial charge in [-0.1, -0.05) is 28.1 Å². The molecule has 0 radical (unpaired) electrons. The normalized spacial score (nSPS) is 10.7. The molecule has 1 amide bonds. The number of hydrogen-bond donors (Lipinski definition) is 1. The molecular weight excluding hydrogens is 412 g/mol. The SMILES string of the molecule is O=C(Cc1ccc(Br)cc1)N/N=C/c1ccc(OC(=O)c2ccco2)cc1. The molecule has 6 nitrogen and oxygen atoms in total. The third-order valence-electron chi connectivity index (χ3n) is 3.49. The van der Waals surface area contributed by atoms with Crippen molar-refractivity contribution in [3.63, 3.8) is 0 Å². The average molecular weight is 427 g/mol. The van der Waals surface area contributed by atoms with Gasteiger partial charge >= 0.3 is 5.97 Å². The van der Waals surface area contributed by atoms with Crippen molar-refractivity contribution in [1.29, 1.82) is 0 Å². The minimum absolute atomic E-state index is 0.133. The van der Waals surface area contributed by atoms with Crippen molar-refractivity contribution < 1.29 is 18.7 Å². The fraction of sp³-hybridized carbons (Fsp3) is 0.0500. The predicted molar refractivity (Wildman–Crippen MR) is 104 cm³/mol.